The zero-order valence-electron chi connectivity index (χ0n) is 17.4. The average molecular weight is 427 g/mol. The van der Waals surface area contributed by atoms with E-state index in [1.807, 2.05) is 61.5 Å². The van der Waals surface area contributed by atoms with Crippen LogP contribution in [0.15, 0.2) is 93.2 Å². The van der Waals surface area contributed by atoms with Gasteiger partial charge in [0.1, 0.15) is 5.58 Å². The second-order valence-electron chi connectivity index (χ2n) is 8.38. The fraction of sp³-hybridized carbons (Fsp3) is 0.185. The highest BCUT2D eigenvalue weighted by Gasteiger charge is 2.48. The number of hydrogen-bond donors (Lipinski definition) is 0. The number of carbonyl (C=O) groups is 1. The molecule has 2 heterocycles. The van der Waals surface area contributed by atoms with Crippen molar-refractivity contribution in [1.29, 1.82) is 0 Å². The van der Waals surface area contributed by atoms with E-state index in [1.165, 1.54) is 0 Å². The van der Waals surface area contributed by atoms with E-state index in [1.54, 1.807) is 30.2 Å². The Bertz CT molecular complexity index is 1370. The molecule has 5 rings (SSSR count). The number of aryl methyl sites for hydroxylation is 1. The molecule has 1 aromatic heterocycles. The van der Waals surface area contributed by atoms with Crippen LogP contribution in [-0.2, 0) is 6.42 Å². The summed E-state index contributed by atoms with van der Waals surface area (Å²) in [5.41, 5.74) is 3.95. The predicted molar refractivity (Wildman–Crippen MR) is 125 cm³/mol. The first-order valence-electron chi connectivity index (χ1n) is 10.3. The Balaban J connectivity index is 1.60. The largest absolute Gasteiger partial charge is 0.464 e. The van der Waals surface area contributed by atoms with Crippen LogP contribution >= 0.6 is 11.8 Å². The van der Waals surface area contributed by atoms with E-state index < -0.39 is 4.75 Å². The third-order valence-corrected chi connectivity index (χ3v) is 7.48. The van der Waals surface area contributed by atoms with Crippen LogP contribution in [0.1, 0.15) is 39.9 Å². The van der Waals surface area contributed by atoms with Gasteiger partial charge in [-0.2, -0.15) is 0 Å². The summed E-state index contributed by atoms with van der Waals surface area (Å²) >= 11 is 1.68. The van der Waals surface area contributed by atoms with Gasteiger partial charge in [0, 0.05) is 20.8 Å². The molecule has 0 fully saturated rings. The number of rotatable bonds is 4. The van der Waals surface area contributed by atoms with Gasteiger partial charge in [-0.25, -0.2) is 0 Å². The Morgan fingerprint density at radius 3 is 2.65 bits per heavy atom. The van der Waals surface area contributed by atoms with Gasteiger partial charge in [-0.05, 0) is 50.1 Å². The molecule has 0 saturated heterocycles. The van der Waals surface area contributed by atoms with E-state index in [2.05, 4.69) is 13.0 Å². The fourth-order valence-corrected chi connectivity index (χ4v) is 6.12. The van der Waals surface area contributed by atoms with Crippen LogP contribution < -0.4 is 5.43 Å². The molecular weight excluding hydrogens is 404 g/mol. The van der Waals surface area contributed by atoms with E-state index in [4.69, 9.17) is 4.42 Å². The lowest BCUT2D eigenvalue weighted by molar-refractivity contribution is 0.0944. The molecule has 154 valence electrons. The molecule has 1 aliphatic heterocycles. The molecule has 3 aromatic carbocycles. The molecule has 2 atom stereocenters. The molecule has 0 saturated carbocycles. The normalized spacial score (nSPS) is 20.0. The predicted octanol–water partition coefficient (Wildman–Crippen LogP) is 6.18. The van der Waals surface area contributed by atoms with E-state index in [0.29, 0.717) is 28.5 Å². The SMILES string of the molecule is Cc1cccc(C(=O)C2c3ccccc3SC2(C)Cc2coc3ccccc3c2=O)c1. The quantitative estimate of drug-likeness (QED) is 0.366. The van der Waals surface area contributed by atoms with Gasteiger partial charge in [0.25, 0.3) is 0 Å². The standard InChI is InChI=1S/C27H22O3S/c1-17-8-7-9-18(14-17)26(29)24-21-11-4-6-13-23(21)31-27(24,2)15-19-16-30-22-12-5-3-10-20(22)25(19)28/h3-14,16,24H,15H2,1-2H3. The number of para-hydroxylation sites is 1. The molecule has 0 aliphatic carbocycles. The van der Waals surface area contributed by atoms with Crippen molar-refractivity contribution in [2.24, 2.45) is 0 Å². The van der Waals surface area contributed by atoms with Crippen molar-refractivity contribution in [2.45, 2.75) is 35.8 Å². The number of ketones is 1. The van der Waals surface area contributed by atoms with Crippen molar-refractivity contribution in [3.63, 3.8) is 0 Å². The molecule has 4 aromatic rings. The fourth-order valence-electron chi connectivity index (χ4n) is 4.59. The summed E-state index contributed by atoms with van der Waals surface area (Å²) in [5, 5.41) is 0.575. The number of benzene rings is 3. The minimum atomic E-state index is -0.498. The second kappa shape index (κ2) is 7.54. The third kappa shape index (κ3) is 3.41. The topological polar surface area (TPSA) is 47.3 Å². The van der Waals surface area contributed by atoms with E-state index in [-0.39, 0.29) is 17.1 Å². The van der Waals surface area contributed by atoms with Crippen LogP contribution in [-0.4, -0.2) is 10.5 Å². The first kappa shape index (κ1) is 19.8. The van der Waals surface area contributed by atoms with Crippen molar-refractivity contribution in [3.8, 4) is 0 Å². The highest BCUT2D eigenvalue weighted by Crippen LogP contribution is 2.55. The van der Waals surface area contributed by atoms with Crippen LogP contribution in [0.5, 0.6) is 0 Å². The molecule has 4 heteroatoms. The first-order valence-corrected chi connectivity index (χ1v) is 11.2. The molecule has 1 aliphatic rings. The lowest BCUT2D eigenvalue weighted by Gasteiger charge is -2.30. The summed E-state index contributed by atoms with van der Waals surface area (Å²) in [6, 6.07) is 23.1. The summed E-state index contributed by atoms with van der Waals surface area (Å²) in [7, 11) is 0. The van der Waals surface area contributed by atoms with Crippen LogP contribution in [0.2, 0.25) is 0 Å². The maximum absolute atomic E-state index is 13.8. The van der Waals surface area contributed by atoms with Gasteiger partial charge in [0.15, 0.2) is 11.2 Å². The highest BCUT2D eigenvalue weighted by molar-refractivity contribution is 8.01. The zero-order valence-corrected chi connectivity index (χ0v) is 18.2. The molecule has 2 unspecified atom stereocenters. The third-order valence-electron chi connectivity index (χ3n) is 6.04. The van der Waals surface area contributed by atoms with Crippen molar-refractivity contribution in [1.82, 2.24) is 0 Å². The zero-order chi connectivity index (χ0) is 21.6. The minimum absolute atomic E-state index is 0.0265. The molecule has 31 heavy (non-hydrogen) atoms. The molecule has 0 spiro atoms. The Hall–Kier alpha value is -3.11. The van der Waals surface area contributed by atoms with E-state index in [9.17, 15) is 9.59 Å². The van der Waals surface area contributed by atoms with Gasteiger partial charge in [0.2, 0.25) is 0 Å². The van der Waals surface area contributed by atoms with Gasteiger partial charge in [-0.1, -0.05) is 54.1 Å². The van der Waals surface area contributed by atoms with Crippen molar-refractivity contribution >= 4 is 28.5 Å². The number of hydrogen-bond acceptors (Lipinski definition) is 4. The molecule has 3 nitrogen and oxygen atoms in total. The molecular formula is C27H22O3S. The number of Topliss-reactive ketones (excluding diaryl/α,β-unsaturated/α-hetero) is 1. The minimum Gasteiger partial charge on any atom is -0.464 e. The van der Waals surface area contributed by atoms with Gasteiger partial charge in [-0.3, -0.25) is 9.59 Å². The lowest BCUT2D eigenvalue weighted by atomic mass is 9.78. The Kier molecular flexibility index (Phi) is 4.82. The number of thioether (sulfide) groups is 1. The van der Waals surface area contributed by atoms with Crippen LogP contribution in [0, 0.1) is 6.92 Å². The van der Waals surface area contributed by atoms with Crippen LogP contribution in [0.3, 0.4) is 0 Å². The smallest absolute Gasteiger partial charge is 0.195 e. The molecule has 0 amide bonds. The monoisotopic (exact) mass is 426 g/mol. The van der Waals surface area contributed by atoms with Gasteiger partial charge in [-0.15, -0.1) is 11.8 Å². The van der Waals surface area contributed by atoms with Gasteiger partial charge in [0.05, 0.1) is 17.6 Å². The summed E-state index contributed by atoms with van der Waals surface area (Å²) < 4.78 is 5.26. The number of carbonyl (C=O) groups excluding carboxylic acids is 1. The maximum atomic E-state index is 13.8. The summed E-state index contributed by atoms with van der Waals surface area (Å²) in [6.07, 6.45) is 2.01. The first-order chi connectivity index (χ1) is 15.0. The van der Waals surface area contributed by atoms with E-state index in [0.717, 1.165) is 16.0 Å². The van der Waals surface area contributed by atoms with Crippen LogP contribution in [0.25, 0.3) is 11.0 Å². The Morgan fingerprint density at radius 2 is 1.81 bits per heavy atom. The maximum Gasteiger partial charge on any atom is 0.195 e. The second-order valence-corrected chi connectivity index (χ2v) is 9.96. The highest BCUT2D eigenvalue weighted by atomic mass is 32.2. The van der Waals surface area contributed by atoms with Crippen molar-refractivity contribution in [3.05, 3.63) is 112 Å². The molecule has 0 bridgehead atoms. The Morgan fingerprint density at radius 1 is 1.03 bits per heavy atom. The van der Waals surface area contributed by atoms with Crippen molar-refractivity contribution in [2.75, 3.05) is 0 Å². The lowest BCUT2D eigenvalue weighted by Crippen LogP contribution is -2.35. The molecule has 0 N–H and O–H groups in total. The summed E-state index contributed by atoms with van der Waals surface area (Å²) in [6.45, 7) is 4.08. The summed E-state index contributed by atoms with van der Waals surface area (Å²) in [5.74, 6) is -0.254. The Labute approximate surface area is 185 Å². The van der Waals surface area contributed by atoms with Gasteiger partial charge < -0.3 is 4.42 Å². The van der Waals surface area contributed by atoms with E-state index >= 15 is 0 Å². The summed E-state index contributed by atoms with van der Waals surface area (Å²) in [4.78, 5) is 28.0. The van der Waals surface area contributed by atoms with Gasteiger partial charge >= 0.3 is 0 Å². The van der Waals surface area contributed by atoms with Crippen LogP contribution in [0.4, 0.5) is 0 Å². The molecule has 0 radical (unpaired) electrons. The average Bonchev–Trinajstić information content (AvgIpc) is 3.07. The van der Waals surface area contributed by atoms with Crippen molar-refractivity contribution < 1.29 is 9.21 Å². The number of fused-ring (bicyclic) bond motifs is 2.